The molecule has 1 aliphatic carbocycles. The van der Waals surface area contributed by atoms with E-state index in [0.29, 0.717) is 13.1 Å². The zero-order chi connectivity index (χ0) is 16.2. The number of nitrogens with one attached hydrogen (secondary N) is 1. The van der Waals surface area contributed by atoms with Gasteiger partial charge < -0.3 is 15.3 Å². The first-order valence-corrected chi connectivity index (χ1v) is 7.47. The maximum absolute atomic E-state index is 12.8. The second kappa shape index (κ2) is 7.04. The van der Waals surface area contributed by atoms with E-state index in [1.54, 1.807) is 10.9 Å². The molecule has 0 radical (unpaired) electrons. The molecule has 0 bridgehead atoms. The number of hydrogen-bond donors (Lipinski definition) is 2. The summed E-state index contributed by atoms with van der Waals surface area (Å²) in [4.78, 5) is 13.6. The number of carbonyl (C=O) groups excluding carboxylic acids is 1. The number of hydrogen-bond acceptors (Lipinski definition) is 3. The molecule has 124 valence electrons. The zero-order valence-electron chi connectivity index (χ0n) is 12.6. The highest BCUT2D eigenvalue weighted by Gasteiger charge is 2.45. The number of urea groups is 1. The van der Waals surface area contributed by atoms with Crippen LogP contribution in [0.25, 0.3) is 0 Å². The molecule has 0 spiro atoms. The molecule has 8 heteroatoms. The van der Waals surface area contributed by atoms with E-state index in [0.717, 1.165) is 5.69 Å². The molecular weight excluding hydrogens is 294 g/mol. The van der Waals surface area contributed by atoms with Gasteiger partial charge in [0.2, 0.25) is 5.92 Å². The Bertz CT molecular complexity index is 499. The third-order valence-corrected chi connectivity index (χ3v) is 3.83. The van der Waals surface area contributed by atoms with E-state index in [1.807, 2.05) is 13.0 Å². The summed E-state index contributed by atoms with van der Waals surface area (Å²) in [5, 5.41) is 15.9. The lowest BCUT2D eigenvalue weighted by Crippen LogP contribution is -2.47. The van der Waals surface area contributed by atoms with Crippen LogP contribution in [0.3, 0.4) is 0 Å². The van der Waals surface area contributed by atoms with Crippen molar-refractivity contribution >= 4 is 6.03 Å². The van der Waals surface area contributed by atoms with Gasteiger partial charge >= 0.3 is 6.03 Å². The van der Waals surface area contributed by atoms with Gasteiger partial charge in [-0.3, -0.25) is 4.68 Å². The normalized spacial score (nSPS) is 17.1. The second-order valence-corrected chi connectivity index (χ2v) is 5.60. The minimum absolute atomic E-state index is 0.158. The Morgan fingerprint density at radius 1 is 1.59 bits per heavy atom. The first-order valence-electron chi connectivity index (χ1n) is 7.47. The van der Waals surface area contributed by atoms with Crippen molar-refractivity contribution < 1.29 is 18.7 Å². The molecule has 1 fully saturated rings. The monoisotopic (exact) mass is 316 g/mol. The fraction of sp³-hybridized carbons (Fsp3) is 0.714. The Balaban J connectivity index is 1.85. The molecule has 0 aromatic carbocycles. The molecular formula is C14H22F2N4O2. The van der Waals surface area contributed by atoms with Gasteiger partial charge in [0.05, 0.1) is 18.8 Å². The average Bonchev–Trinajstić information content (AvgIpc) is 2.89. The van der Waals surface area contributed by atoms with Gasteiger partial charge in [-0.05, 0) is 18.9 Å². The summed E-state index contributed by atoms with van der Waals surface area (Å²) in [5.74, 6) is -2.75. The van der Waals surface area contributed by atoms with Crippen LogP contribution in [0.4, 0.5) is 13.6 Å². The lowest BCUT2D eigenvalue weighted by atomic mass is 9.81. The standard InChI is InChI=1S/C14H22F2N4O2/c1-2-20-12(3-4-18-20)10-19(5-6-21)13(22)17-9-11-7-14(15,16)8-11/h3-4,11,21H,2,5-10H2,1H3,(H,17,22). The Kier molecular flexibility index (Phi) is 5.33. The van der Waals surface area contributed by atoms with Gasteiger partial charge in [0, 0.05) is 38.7 Å². The van der Waals surface area contributed by atoms with Crippen LogP contribution in [-0.4, -0.2) is 51.4 Å². The molecule has 0 atom stereocenters. The molecule has 1 aliphatic rings. The number of nitrogens with zero attached hydrogens (tertiary/aromatic N) is 3. The van der Waals surface area contributed by atoms with E-state index in [1.165, 1.54) is 4.90 Å². The number of halogens is 2. The molecule has 6 nitrogen and oxygen atoms in total. The van der Waals surface area contributed by atoms with Crippen LogP contribution in [0.15, 0.2) is 12.3 Å². The van der Waals surface area contributed by atoms with E-state index in [4.69, 9.17) is 5.11 Å². The van der Waals surface area contributed by atoms with Gasteiger partial charge in [-0.2, -0.15) is 5.10 Å². The number of aromatic nitrogens is 2. The van der Waals surface area contributed by atoms with Crippen molar-refractivity contribution in [3.63, 3.8) is 0 Å². The predicted molar refractivity (Wildman–Crippen MR) is 76.5 cm³/mol. The van der Waals surface area contributed by atoms with Gasteiger partial charge in [0.15, 0.2) is 0 Å². The van der Waals surface area contributed by atoms with Crippen molar-refractivity contribution in [1.82, 2.24) is 20.0 Å². The summed E-state index contributed by atoms with van der Waals surface area (Å²) in [6.45, 7) is 3.22. The molecule has 2 amide bonds. The topological polar surface area (TPSA) is 70.4 Å². The van der Waals surface area contributed by atoms with E-state index in [9.17, 15) is 13.6 Å². The van der Waals surface area contributed by atoms with E-state index in [-0.39, 0.29) is 44.5 Å². The van der Waals surface area contributed by atoms with Gasteiger partial charge in [0.1, 0.15) is 0 Å². The van der Waals surface area contributed by atoms with Gasteiger partial charge in [-0.1, -0.05) is 0 Å². The quantitative estimate of drug-likeness (QED) is 0.800. The van der Waals surface area contributed by atoms with E-state index < -0.39 is 5.92 Å². The lowest BCUT2D eigenvalue weighted by molar-refractivity contribution is -0.108. The largest absolute Gasteiger partial charge is 0.395 e. The van der Waals surface area contributed by atoms with Crippen molar-refractivity contribution in [3.8, 4) is 0 Å². The summed E-state index contributed by atoms with van der Waals surface area (Å²) in [6.07, 6.45) is 1.32. The highest BCUT2D eigenvalue weighted by molar-refractivity contribution is 5.74. The van der Waals surface area contributed by atoms with Gasteiger partial charge in [-0.25, -0.2) is 13.6 Å². The number of amides is 2. The molecule has 0 saturated heterocycles. The predicted octanol–water partition coefficient (Wildman–Crippen LogP) is 1.45. The van der Waals surface area contributed by atoms with Crippen LogP contribution in [0.1, 0.15) is 25.5 Å². The van der Waals surface area contributed by atoms with E-state index in [2.05, 4.69) is 10.4 Å². The van der Waals surface area contributed by atoms with E-state index >= 15 is 0 Å². The molecule has 1 saturated carbocycles. The molecule has 22 heavy (non-hydrogen) atoms. The summed E-state index contributed by atoms with van der Waals surface area (Å²) < 4.78 is 27.3. The fourth-order valence-electron chi connectivity index (χ4n) is 2.62. The third-order valence-electron chi connectivity index (χ3n) is 3.83. The van der Waals surface area contributed by atoms with Crippen molar-refractivity contribution in [2.75, 3.05) is 19.7 Å². The molecule has 1 aromatic rings. The minimum Gasteiger partial charge on any atom is -0.395 e. The molecule has 0 aliphatic heterocycles. The first kappa shape index (κ1) is 16.7. The van der Waals surface area contributed by atoms with Crippen LogP contribution in [-0.2, 0) is 13.1 Å². The number of rotatable bonds is 7. The second-order valence-electron chi connectivity index (χ2n) is 5.60. The number of alkyl halides is 2. The van der Waals surface area contributed by atoms with Crippen molar-refractivity contribution in [3.05, 3.63) is 18.0 Å². The number of aliphatic hydroxyl groups is 1. The Morgan fingerprint density at radius 2 is 2.32 bits per heavy atom. The van der Waals surface area contributed by atoms with Crippen LogP contribution in [0, 0.1) is 5.92 Å². The zero-order valence-corrected chi connectivity index (χ0v) is 12.6. The summed E-state index contributed by atoms with van der Waals surface area (Å²) in [7, 11) is 0. The summed E-state index contributed by atoms with van der Waals surface area (Å²) >= 11 is 0. The van der Waals surface area contributed by atoms with Crippen molar-refractivity contribution in [2.45, 2.75) is 38.8 Å². The number of carbonyl (C=O) groups is 1. The van der Waals surface area contributed by atoms with Crippen LogP contribution < -0.4 is 5.32 Å². The van der Waals surface area contributed by atoms with Crippen LogP contribution in [0.2, 0.25) is 0 Å². The molecule has 1 heterocycles. The average molecular weight is 316 g/mol. The van der Waals surface area contributed by atoms with Crippen LogP contribution in [0.5, 0.6) is 0 Å². The minimum atomic E-state index is -2.58. The summed E-state index contributed by atoms with van der Waals surface area (Å²) in [6, 6.07) is 1.46. The lowest BCUT2D eigenvalue weighted by Gasteiger charge is -2.35. The number of aliphatic hydroxyl groups excluding tert-OH is 1. The van der Waals surface area contributed by atoms with Crippen molar-refractivity contribution in [1.29, 1.82) is 0 Å². The van der Waals surface area contributed by atoms with Crippen molar-refractivity contribution in [2.24, 2.45) is 5.92 Å². The smallest absolute Gasteiger partial charge is 0.317 e. The number of aryl methyl sites for hydroxylation is 1. The first-order chi connectivity index (χ1) is 10.4. The SMILES string of the molecule is CCn1nccc1CN(CCO)C(=O)NCC1CC(F)(F)C1. The highest BCUT2D eigenvalue weighted by atomic mass is 19.3. The molecule has 1 aromatic heterocycles. The van der Waals surface area contributed by atoms with Gasteiger partial charge in [0.25, 0.3) is 0 Å². The molecule has 2 rings (SSSR count). The fourth-order valence-corrected chi connectivity index (χ4v) is 2.62. The third kappa shape index (κ3) is 4.16. The Hall–Kier alpha value is -1.70. The highest BCUT2D eigenvalue weighted by Crippen LogP contribution is 2.41. The molecule has 2 N–H and O–H groups in total. The Labute approximate surface area is 128 Å². The van der Waals surface area contributed by atoms with Crippen LogP contribution >= 0.6 is 0 Å². The Morgan fingerprint density at radius 3 is 2.91 bits per heavy atom. The maximum atomic E-state index is 12.8. The molecule has 0 unspecified atom stereocenters. The maximum Gasteiger partial charge on any atom is 0.317 e. The van der Waals surface area contributed by atoms with Gasteiger partial charge in [-0.15, -0.1) is 0 Å². The summed E-state index contributed by atoms with van der Waals surface area (Å²) in [5.41, 5.74) is 0.862.